The molecular formula is C45H32N2. The molecule has 222 valence electrons. The maximum atomic E-state index is 9.84. The molecule has 47 heavy (non-hydrogen) atoms. The molecule has 1 aliphatic carbocycles. The molecule has 0 saturated carbocycles. The maximum absolute atomic E-state index is 9.84. The van der Waals surface area contributed by atoms with Gasteiger partial charge in [0.2, 0.25) is 0 Å². The third kappa shape index (κ3) is 3.61. The molecule has 2 nitrogen and oxygen atoms in total. The van der Waals surface area contributed by atoms with Crippen molar-refractivity contribution in [3.63, 3.8) is 0 Å². The van der Waals surface area contributed by atoms with Crippen molar-refractivity contribution in [1.29, 1.82) is 0 Å². The van der Waals surface area contributed by atoms with Crippen LogP contribution in [0, 0.1) is 0 Å². The summed E-state index contributed by atoms with van der Waals surface area (Å²) in [5.41, 5.74) is 3.42. The second-order valence-electron chi connectivity index (χ2n) is 12.4. The lowest BCUT2D eigenvalue weighted by atomic mass is 9.82. The molecule has 0 spiro atoms. The van der Waals surface area contributed by atoms with E-state index < -0.39 is 11.5 Å². The van der Waals surface area contributed by atoms with Gasteiger partial charge >= 0.3 is 0 Å². The minimum absolute atomic E-state index is 0.0145. The van der Waals surface area contributed by atoms with Crippen molar-refractivity contribution < 1.29 is 16.4 Å². The summed E-state index contributed by atoms with van der Waals surface area (Å²) in [6.45, 7) is 3.65. The van der Waals surface area contributed by atoms with Crippen LogP contribution in [0.15, 0.2) is 157 Å². The summed E-state index contributed by atoms with van der Waals surface area (Å²) in [5.74, 6) is 0. The Bertz CT molecular complexity index is 3360. The Morgan fingerprint density at radius 2 is 1.13 bits per heavy atom. The van der Waals surface area contributed by atoms with E-state index in [1.807, 2.05) is 68.4 Å². The molecule has 0 atom stereocenters. The molecular weight excluding hydrogens is 569 g/mol. The molecule has 2 heteroatoms. The van der Waals surface area contributed by atoms with E-state index in [1.165, 1.54) is 28.8 Å². The van der Waals surface area contributed by atoms with E-state index in [2.05, 4.69) is 0 Å². The van der Waals surface area contributed by atoms with E-state index in [0.29, 0.717) is 22.4 Å². The van der Waals surface area contributed by atoms with Crippen molar-refractivity contribution in [3.8, 4) is 33.6 Å². The zero-order valence-corrected chi connectivity index (χ0v) is 25.5. The van der Waals surface area contributed by atoms with Gasteiger partial charge in [-0.1, -0.05) is 123 Å². The average Bonchev–Trinajstić information content (AvgIpc) is 3.80. The number of aromatic nitrogens is 2. The van der Waals surface area contributed by atoms with Crippen LogP contribution >= 0.6 is 0 Å². The van der Waals surface area contributed by atoms with Gasteiger partial charge in [-0.15, -0.1) is 0 Å². The number of benzene rings is 7. The van der Waals surface area contributed by atoms with Crippen LogP contribution in [0.3, 0.4) is 0 Å². The van der Waals surface area contributed by atoms with Gasteiger partial charge in [0.15, 0.2) is 0 Å². The molecule has 0 unspecified atom stereocenters. The van der Waals surface area contributed by atoms with E-state index >= 15 is 0 Å². The van der Waals surface area contributed by atoms with E-state index in [0.717, 1.165) is 11.1 Å². The standard InChI is InChI=1S/C45H32N2/c1-45(2)37-17-9-6-14-33(37)34-25-24-32(28-38(34)45)47-40-19-11-8-16-36(40)44-42(47)27-26-41-43(44)35-15-7-10-18-39(35)46(41)31-22-20-30(21-23-31)29-12-4-3-5-13-29/h3-28H,1-2H3/i6D,7D,8D,15D,17D,18D,19D,24D,25D,26D,27D,28D. The summed E-state index contributed by atoms with van der Waals surface area (Å²) < 4.78 is 114. The first-order chi connectivity index (χ1) is 28.0. The van der Waals surface area contributed by atoms with Crippen molar-refractivity contribution in [2.45, 2.75) is 19.3 Å². The van der Waals surface area contributed by atoms with Crippen LogP contribution in [0.1, 0.15) is 41.4 Å². The summed E-state index contributed by atoms with van der Waals surface area (Å²) in [6, 6.07) is 22.2. The van der Waals surface area contributed by atoms with E-state index in [1.54, 1.807) is 10.6 Å². The molecule has 9 aromatic rings. The Kier molecular flexibility index (Phi) is 3.50. The molecule has 2 heterocycles. The quantitative estimate of drug-likeness (QED) is 0.188. The normalized spacial score (nSPS) is 17.1. The van der Waals surface area contributed by atoms with Crippen LogP contribution in [-0.4, -0.2) is 9.13 Å². The lowest BCUT2D eigenvalue weighted by molar-refractivity contribution is 0.660. The SMILES string of the molecule is [2H]c1cc([2H])c2c(c1)-c1c([2H])c([2H])c(-n3c4c([2H])cc([2H])cc4c4c5c6c([2H])c([2H])cc([2H])c6n(-c6ccc(-c7ccccc7)cc6)c5c([2H])c([2H])c43)c([2H])c1C2(C)C. The van der Waals surface area contributed by atoms with Crippen LogP contribution in [0.2, 0.25) is 0 Å². The van der Waals surface area contributed by atoms with Crippen molar-refractivity contribution in [2.24, 2.45) is 0 Å². The fraction of sp³-hybridized carbons (Fsp3) is 0.0667. The third-order valence-electron chi connectivity index (χ3n) is 9.50. The second kappa shape index (κ2) is 9.57. The van der Waals surface area contributed by atoms with Crippen molar-refractivity contribution in [2.75, 3.05) is 0 Å². The number of nitrogens with zero attached hydrogens (tertiary/aromatic N) is 2. The Hall–Kier alpha value is -5.86. The molecule has 10 rings (SSSR count). The first-order valence-corrected chi connectivity index (χ1v) is 15.5. The van der Waals surface area contributed by atoms with Gasteiger partial charge in [0, 0.05) is 38.3 Å². The van der Waals surface area contributed by atoms with E-state index in [9.17, 15) is 11.0 Å². The topological polar surface area (TPSA) is 9.86 Å². The number of fused-ring (bicyclic) bond motifs is 10. The summed E-state index contributed by atoms with van der Waals surface area (Å²) in [4.78, 5) is 0. The molecule has 2 aromatic heterocycles. The van der Waals surface area contributed by atoms with E-state index in [-0.39, 0.29) is 121 Å². The van der Waals surface area contributed by atoms with Crippen LogP contribution in [0.25, 0.3) is 77.2 Å². The van der Waals surface area contributed by atoms with Crippen molar-refractivity contribution in [1.82, 2.24) is 9.13 Å². The number of hydrogen-bond donors (Lipinski definition) is 0. The third-order valence-corrected chi connectivity index (χ3v) is 9.50. The molecule has 0 amide bonds. The lowest BCUT2D eigenvalue weighted by Crippen LogP contribution is -2.15. The van der Waals surface area contributed by atoms with Gasteiger partial charge in [-0.05, 0) is 81.8 Å². The first kappa shape index (κ1) is 17.2. The summed E-state index contributed by atoms with van der Waals surface area (Å²) >= 11 is 0. The fourth-order valence-corrected chi connectivity index (χ4v) is 7.33. The van der Waals surface area contributed by atoms with Crippen LogP contribution in [0.5, 0.6) is 0 Å². The molecule has 0 aliphatic heterocycles. The van der Waals surface area contributed by atoms with Crippen molar-refractivity contribution in [3.05, 3.63) is 169 Å². The van der Waals surface area contributed by atoms with Crippen LogP contribution in [-0.2, 0) is 5.41 Å². The first-order valence-electron chi connectivity index (χ1n) is 21.5. The molecule has 7 aromatic carbocycles. The van der Waals surface area contributed by atoms with Gasteiger partial charge in [0.05, 0.1) is 38.5 Å². The highest BCUT2D eigenvalue weighted by atomic mass is 15.0. The minimum Gasteiger partial charge on any atom is -0.309 e. The average molecular weight is 613 g/mol. The second-order valence-corrected chi connectivity index (χ2v) is 12.4. The van der Waals surface area contributed by atoms with E-state index in [4.69, 9.17) is 5.48 Å². The number of para-hydroxylation sites is 2. The van der Waals surface area contributed by atoms with Gasteiger partial charge in [-0.25, -0.2) is 0 Å². The summed E-state index contributed by atoms with van der Waals surface area (Å²) in [7, 11) is 0. The zero-order valence-electron chi connectivity index (χ0n) is 37.5. The predicted octanol–water partition coefficient (Wildman–Crippen LogP) is 11.9. The monoisotopic (exact) mass is 612 g/mol. The van der Waals surface area contributed by atoms with Crippen LogP contribution in [0.4, 0.5) is 0 Å². The fourth-order valence-electron chi connectivity index (χ4n) is 7.33. The van der Waals surface area contributed by atoms with Crippen molar-refractivity contribution >= 4 is 43.6 Å². The Labute approximate surface area is 290 Å². The van der Waals surface area contributed by atoms with Gasteiger partial charge in [-0.2, -0.15) is 0 Å². The minimum atomic E-state index is -1.02. The Morgan fingerprint density at radius 3 is 1.94 bits per heavy atom. The van der Waals surface area contributed by atoms with Crippen LogP contribution < -0.4 is 0 Å². The molecule has 0 fully saturated rings. The highest BCUT2D eigenvalue weighted by Crippen LogP contribution is 2.50. The summed E-state index contributed by atoms with van der Waals surface area (Å²) in [5, 5.41) is 0.949. The predicted molar refractivity (Wildman–Crippen MR) is 198 cm³/mol. The molecule has 1 aliphatic rings. The highest BCUT2D eigenvalue weighted by molar-refractivity contribution is 6.28. The number of rotatable bonds is 3. The van der Waals surface area contributed by atoms with Gasteiger partial charge in [0.1, 0.15) is 0 Å². The molecule has 0 radical (unpaired) electrons. The largest absolute Gasteiger partial charge is 0.309 e. The maximum Gasteiger partial charge on any atom is 0.0648 e. The van der Waals surface area contributed by atoms with Gasteiger partial charge < -0.3 is 9.13 Å². The zero-order chi connectivity index (χ0) is 41.7. The Morgan fingerprint density at radius 1 is 0.468 bits per heavy atom. The number of hydrogen-bond acceptors (Lipinski definition) is 0. The highest BCUT2D eigenvalue weighted by Gasteiger charge is 2.35. The van der Waals surface area contributed by atoms with Gasteiger partial charge in [0.25, 0.3) is 0 Å². The summed E-state index contributed by atoms with van der Waals surface area (Å²) in [6.07, 6.45) is 0. The molecule has 0 N–H and O–H groups in total. The lowest BCUT2D eigenvalue weighted by Gasteiger charge is -2.22. The Balaban J connectivity index is 1.40. The smallest absolute Gasteiger partial charge is 0.0648 e. The molecule has 0 bridgehead atoms. The molecule has 0 saturated heterocycles. The van der Waals surface area contributed by atoms with Gasteiger partial charge in [-0.3, -0.25) is 0 Å².